The van der Waals surface area contributed by atoms with E-state index in [9.17, 15) is 9.90 Å². The van der Waals surface area contributed by atoms with Gasteiger partial charge in [-0.2, -0.15) is 0 Å². The molecule has 24 heavy (non-hydrogen) atoms. The molecule has 0 aromatic carbocycles. The van der Waals surface area contributed by atoms with Gasteiger partial charge in [0.1, 0.15) is 11.7 Å². The summed E-state index contributed by atoms with van der Waals surface area (Å²) in [5.41, 5.74) is -0.569. The fourth-order valence-corrected chi connectivity index (χ4v) is 3.85. The van der Waals surface area contributed by atoms with Crippen LogP contribution >= 0.6 is 0 Å². The van der Waals surface area contributed by atoms with Crippen LogP contribution in [0.15, 0.2) is 0 Å². The van der Waals surface area contributed by atoms with Crippen LogP contribution < -0.4 is 5.32 Å². The number of aliphatic hydroxyl groups is 1. The van der Waals surface area contributed by atoms with Crippen LogP contribution in [0.2, 0.25) is 18.1 Å². The molecular formula is C17H35NO5Si. The Bertz CT molecular complexity index is 441. The van der Waals surface area contributed by atoms with Crippen LogP contribution in [0.5, 0.6) is 0 Å². The Hall–Kier alpha value is -0.633. The summed E-state index contributed by atoms with van der Waals surface area (Å²) >= 11 is 0. The van der Waals surface area contributed by atoms with Crippen molar-refractivity contribution in [2.45, 2.75) is 103 Å². The maximum absolute atomic E-state index is 12.0. The molecule has 0 spiro atoms. The summed E-state index contributed by atoms with van der Waals surface area (Å²) in [5.74, 6) is 0. The average molecular weight is 362 g/mol. The minimum absolute atomic E-state index is 0.0760. The maximum atomic E-state index is 12.0. The lowest BCUT2D eigenvalue weighted by atomic mass is 10.1. The van der Waals surface area contributed by atoms with Crippen molar-refractivity contribution in [1.82, 2.24) is 5.32 Å². The van der Waals surface area contributed by atoms with Crippen LogP contribution in [0.25, 0.3) is 0 Å². The Kier molecular flexibility index (Phi) is 6.52. The Labute approximate surface area is 147 Å². The van der Waals surface area contributed by atoms with Crippen molar-refractivity contribution < 1.29 is 23.8 Å². The van der Waals surface area contributed by atoms with E-state index >= 15 is 0 Å². The SMILES string of the molecule is C[C@@H](O[Si](C)(C)C(C)(C)C)[C@H]1OC(O)C[C@@H]1NC(=O)OC(C)(C)C. The second-order valence-electron chi connectivity index (χ2n) is 9.13. The van der Waals surface area contributed by atoms with Crippen LogP contribution in [0, 0.1) is 0 Å². The lowest BCUT2D eigenvalue weighted by Gasteiger charge is -2.40. The summed E-state index contributed by atoms with van der Waals surface area (Å²) in [6.45, 7) is 18.2. The van der Waals surface area contributed by atoms with Crippen molar-refractivity contribution in [3.63, 3.8) is 0 Å². The van der Waals surface area contributed by atoms with Gasteiger partial charge in [-0.15, -0.1) is 0 Å². The van der Waals surface area contributed by atoms with Crippen molar-refractivity contribution >= 4 is 14.4 Å². The van der Waals surface area contributed by atoms with E-state index in [0.29, 0.717) is 6.42 Å². The number of carbonyl (C=O) groups excluding carboxylic acids is 1. The molecule has 0 saturated carbocycles. The van der Waals surface area contributed by atoms with Crippen molar-refractivity contribution in [3.8, 4) is 0 Å². The highest BCUT2D eigenvalue weighted by molar-refractivity contribution is 6.74. The Morgan fingerprint density at radius 2 is 1.79 bits per heavy atom. The number of nitrogens with one attached hydrogen (secondary N) is 1. The van der Waals surface area contributed by atoms with Crippen LogP contribution in [0.4, 0.5) is 4.79 Å². The molecule has 4 atom stereocenters. The van der Waals surface area contributed by atoms with Gasteiger partial charge in [0.15, 0.2) is 14.6 Å². The van der Waals surface area contributed by atoms with Gasteiger partial charge in [0.2, 0.25) is 0 Å². The average Bonchev–Trinajstić information content (AvgIpc) is 2.65. The van der Waals surface area contributed by atoms with E-state index in [1.807, 2.05) is 27.7 Å². The van der Waals surface area contributed by atoms with Gasteiger partial charge in [-0.25, -0.2) is 4.79 Å². The Balaban J connectivity index is 2.75. The van der Waals surface area contributed by atoms with E-state index in [0.717, 1.165) is 0 Å². The number of hydrogen-bond acceptors (Lipinski definition) is 5. The fraction of sp³-hybridized carbons (Fsp3) is 0.941. The summed E-state index contributed by atoms with van der Waals surface area (Å²) in [5, 5.41) is 12.8. The van der Waals surface area contributed by atoms with E-state index in [2.05, 4.69) is 39.2 Å². The van der Waals surface area contributed by atoms with Crippen molar-refractivity contribution in [1.29, 1.82) is 0 Å². The quantitative estimate of drug-likeness (QED) is 0.751. The molecule has 2 N–H and O–H groups in total. The molecule has 6 nitrogen and oxygen atoms in total. The zero-order valence-electron chi connectivity index (χ0n) is 16.6. The molecule has 0 aromatic heterocycles. The maximum Gasteiger partial charge on any atom is 0.407 e. The molecule has 0 aromatic rings. The first-order valence-corrected chi connectivity index (χ1v) is 11.5. The number of amides is 1. The first-order valence-electron chi connectivity index (χ1n) is 8.63. The molecule has 1 amide bonds. The molecule has 142 valence electrons. The first kappa shape index (κ1) is 21.4. The molecule has 0 radical (unpaired) electrons. The lowest BCUT2D eigenvalue weighted by molar-refractivity contribution is -0.116. The molecular weight excluding hydrogens is 326 g/mol. The number of rotatable bonds is 4. The molecule has 1 rings (SSSR count). The predicted octanol–water partition coefficient (Wildman–Crippen LogP) is 3.40. The van der Waals surface area contributed by atoms with E-state index in [1.165, 1.54) is 0 Å². The zero-order valence-corrected chi connectivity index (χ0v) is 17.6. The van der Waals surface area contributed by atoms with Crippen LogP contribution in [-0.2, 0) is 13.9 Å². The largest absolute Gasteiger partial charge is 0.444 e. The summed E-state index contributed by atoms with van der Waals surface area (Å²) in [7, 11) is -1.97. The third-order valence-electron chi connectivity index (χ3n) is 4.62. The standard InChI is InChI=1S/C17H35NO5Si/c1-11(23-24(8,9)17(5,6)7)14-12(10-13(19)21-14)18-15(20)22-16(2,3)4/h11-14,19H,10H2,1-9H3,(H,18,20)/t11-,12+,13?,14-/m1/s1. The highest BCUT2D eigenvalue weighted by Gasteiger charge is 2.44. The Morgan fingerprint density at radius 3 is 2.25 bits per heavy atom. The Morgan fingerprint density at radius 1 is 1.25 bits per heavy atom. The summed E-state index contributed by atoms with van der Waals surface area (Å²) in [6.07, 6.45) is -1.71. The predicted molar refractivity (Wildman–Crippen MR) is 96.4 cm³/mol. The molecule has 0 bridgehead atoms. The van der Waals surface area contributed by atoms with Gasteiger partial charge in [0.05, 0.1) is 12.1 Å². The molecule has 1 aliphatic heterocycles. The van der Waals surface area contributed by atoms with Gasteiger partial charge >= 0.3 is 6.09 Å². The lowest BCUT2D eigenvalue weighted by Crippen LogP contribution is -2.51. The van der Waals surface area contributed by atoms with Gasteiger partial charge in [0, 0.05) is 6.42 Å². The molecule has 1 heterocycles. The number of aliphatic hydroxyl groups excluding tert-OH is 1. The monoisotopic (exact) mass is 361 g/mol. The number of carbonyl (C=O) groups is 1. The highest BCUT2D eigenvalue weighted by atomic mass is 28.4. The van der Waals surface area contributed by atoms with Crippen molar-refractivity contribution in [2.24, 2.45) is 0 Å². The number of alkyl carbamates (subject to hydrolysis) is 1. The zero-order chi connectivity index (χ0) is 18.9. The minimum Gasteiger partial charge on any atom is -0.444 e. The summed E-state index contributed by atoms with van der Waals surface area (Å²) in [6, 6.07) is -0.338. The molecule has 1 fully saturated rings. The van der Waals surface area contributed by atoms with Crippen LogP contribution in [0.1, 0.15) is 54.9 Å². The van der Waals surface area contributed by atoms with E-state index in [1.54, 1.807) is 0 Å². The summed E-state index contributed by atoms with van der Waals surface area (Å²) < 4.78 is 17.3. The third kappa shape index (κ3) is 6.02. The number of ether oxygens (including phenoxy) is 2. The van der Waals surface area contributed by atoms with Gasteiger partial charge in [-0.1, -0.05) is 20.8 Å². The van der Waals surface area contributed by atoms with E-state index < -0.39 is 32.4 Å². The van der Waals surface area contributed by atoms with Crippen molar-refractivity contribution in [2.75, 3.05) is 0 Å². The number of hydrogen-bond donors (Lipinski definition) is 2. The van der Waals surface area contributed by atoms with Crippen molar-refractivity contribution in [3.05, 3.63) is 0 Å². The molecule has 0 aliphatic carbocycles. The topological polar surface area (TPSA) is 77.0 Å². The second-order valence-corrected chi connectivity index (χ2v) is 13.9. The molecule has 1 aliphatic rings. The first-order chi connectivity index (χ1) is 10.6. The van der Waals surface area contributed by atoms with E-state index in [4.69, 9.17) is 13.9 Å². The van der Waals surface area contributed by atoms with Gasteiger partial charge in [-0.3, -0.25) is 0 Å². The molecule has 1 unspecified atom stereocenters. The molecule has 7 heteroatoms. The fourth-order valence-electron chi connectivity index (χ4n) is 2.43. The summed E-state index contributed by atoms with van der Waals surface area (Å²) in [4.78, 5) is 12.0. The second kappa shape index (κ2) is 7.31. The van der Waals surface area contributed by atoms with Gasteiger partial charge in [-0.05, 0) is 45.8 Å². The van der Waals surface area contributed by atoms with Crippen LogP contribution in [-0.4, -0.2) is 49.7 Å². The normalized spacial score (nSPS) is 27.0. The smallest absolute Gasteiger partial charge is 0.407 e. The van der Waals surface area contributed by atoms with Gasteiger partial charge < -0.3 is 24.3 Å². The third-order valence-corrected chi connectivity index (χ3v) is 9.19. The highest BCUT2D eigenvalue weighted by Crippen LogP contribution is 2.38. The van der Waals surface area contributed by atoms with E-state index in [-0.39, 0.29) is 17.2 Å². The minimum atomic E-state index is -1.97. The molecule has 1 saturated heterocycles. The van der Waals surface area contributed by atoms with Gasteiger partial charge in [0.25, 0.3) is 0 Å². The van der Waals surface area contributed by atoms with Crippen LogP contribution in [0.3, 0.4) is 0 Å².